The molecule has 0 aromatic heterocycles. The zero-order valence-electron chi connectivity index (χ0n) is 16.5. The summed E-state index contributed by atoms with van der Waals surface area (Å²) in [6.45, 7) is 6.21. The highest BCUT2D eigenvalue weighted by molar-refractivity contribution is 7.89. The molecule has 1 atom stereocenters. The first-order valence-corrected chi connectivity index (χ1v) is 11.3. The fraction of sp³-hybridized carbons (Fsp3) is 0.650. The predicted octanol–water partition coefficient (Wildman–Crippen LogP) is 3.23. The molecule has 1 fully saturated rings. The summed E-state index contributed by atoms with van der Waals surface area (Å²) in [5.74, 6) is 0.779. The van der Waals surface area contributed by atoms with Crippen molar-refractivity contribution in [3.63, 3.8) is 0 Å². The summed E-state index contributed by atoms with van der Waals surface area (Å²) < 4.78 is 32.8. The maximum atomic E-state index is 12.3. The SMILES string of the molecule is CC(C)CCNS(=O)(=O)c1ccc(O[C@H](C)C(=O)NC2CCCCC2)cc1. The molecule has 1 amide bonds. The van der Waals surface area contributed by atoms with Crippen molar-refractivity contribution in [1.29, 1.82) is 0 Å². The van der Waals surface area contributed by atoms with E-state index in [9.17, 15) is 13.2 Å². The van der Waals surface area contributed by atoms with Crippen LogP contribution in [-0.2, 0) is 14.8 Å². The van der Waals surface area contributed by atoms with Crippen molar-refractivity contribution in [2.75, 3.05) is 6.54 Å². The Bertz CT molecular complexity index is 695. The monoisotopic (exact) mass is 396 g/mol. The molecule has 7 heteroatoms. The largest absolute Gasteiger partial charge is 0.481 e. The smallest absolute Gasteiger partial charge is 0.260 e. The van der Waals surface area contributed by atoms with Gasteiger partial charge in [-0.15, -0.1) is 0 Å². The van der Waals surface area contributed by atoms with Gasteiger partial charge in [-0.05, 0) is 56.4 Å². The van der Waals surface area contributed by atoms with Crippen LogP contribution >= 0.6 is 0 Å². The Hall–Kier alpha value is -1.60. The average molecular weight is 397 g/mol. The topological polar surface area (TPSA) is 84.5 Å². The normalized spacial score (nSPS) is 16.9. The van der Waals surface area contributed by atoms with Gasteiger partial charge in [-0.3, -0.25) is 4.79 Å². The molecule has 0 saturated heterocycles. The zero-order valence-corrected chi connectivity index (χ0v) is 17.3. The van der Waals surface area contributed by atoms with Crippen molar-refractivity contribution in [3.05, 3.63) is 24.3 Å². The lowest BCUT2D eigenvalue weighted by molar-refractivity contribution is -0.128. The molecule has 1 saturated carbocycles. The molecule has 6 nitrogen and oxygen atoms in total. The van der Waals surface area contributed by atoms with E-state index in [1.165, 1.54) is 18.6 Å². The van der Waals surface area contributed by atoms with Crippen molar-refractivity contribution >= 4 is 15.9 Å². The molecule has 0 bridgehead atoms. The summed E-state index contributed by atoms with van der Waals surface area (Å²) in [5, 5.41) is 3.04. The van der Waals surface area contributed by atoms with Crippen LogP contribution in [0, 0.1) is 5.92 Å². The Morgan fingerprint density at radius 3 is 2.33 bits per heavy atom. The van der Waals surface area contributed by atoms with Crippen molar-refractivity contribution in [2.24, 2.45) is 5.92 Å². The first kappa shape index (κ1) is 21.7. The Morgan fingerprint density at radius 2 is 1.74 bits per heavy atom. The predicted molar refractivity (Wildman–Crippen MR) is 106 cm³/mol. The third kappa shape index (κ3) is 7.14. The number of carbonyl (C=O) groups is 1. The van der Waals surface area contributed by atoms with Crippen molar-refractivity contribution in [3.8, 4) is 5.75 Å². The van der Waals surface area contributed by atoms with Crippen molar-refractivity contribution < 1.29 is 17.9 Å². The number of rotatable bonds is 9. The molecule has 27 heavy (non-hydrogen) atoms. The Balaban J connectivity index is 1.87. The fourth-order valence-electron chi connectivity index (χ4n) is 3.09. The van der Waals surface area contributed by atoms with Gasteiger partial charge in [0.05, 0.1) is 4.90 Å². The summed E-state index contributed by atoms with van der Waals surface area (Å²) in [7, 11) is -3.52. The van der Waals surface area contributed by atoms with Gasteiger partial charge in [0.2, 0.25) is 10.0 Å². The molecule has 152 valence electrons. The van der Waals surface area contributed by atoms with E-state index in [0.29, 0.717) is 18.2 Å². The number of carbonyl (C=O) groups excluding carboxylic acids is 1. The maximum absolute atomic E-state index is 12.3. The van der Waals surface area contributed by atoms with Crippen LogP contribution in [0.5, 0.6) is 5.75 Å². The second-order valence-corrected chi connectivity index (χ2v) is 9.42. The van der Waals surface area contributed by atoms with Gasteiger partial charge in [0.1, 0.15) is 5.75 Å². The molecule has 0 heterocycles. The molecular formula is C20H32N2O4S. The van der Waals surface area contributed by atoms with Gasteiger partial charge in [-0.1, -0.05) is 33.1 Å². The van der Waals surface area contributed by atoms with Crippen LogP contribution in [0.25, 0.3) is 0 Å². The average Bonchev–Trinajstić information content (AvgIpc) is 2.62. The van der Waals surface area contributed by atoms with E-state index in [-0.39, 0.29) is 16.8 Å². The third-order valence-corrected chi connectivity index (χ3v) is 6.26. The molecule has 0 aliphatic heterocycles. The molecular weight excluding hydrogens is 364 g/mol. The number of hydrogen-bond donors (Lipinski definition) is 2. The summed E-state index contributed by atoms with van der Waals surface area (Å²) >= 11 is 0. The van der Waals surface area contributed by atoms with Crippen molar-refractivity contribution in [2.45, 2.75) is 76.3 Å². The number of ether oxygens (including phenoxy) is 1. The minimum atomic E-state index is -3.52. The van der Waals surface area contributed by atoms with Gasteiger partial charge < -0.3 is 10.1 Å². The first-order valence-electron chi connectivity index (χ1n) is 9.84. The Labute approximate surface area is 163 Å². The summed E-state index contributed by atoms with van der Waals surface area (Å²) in [6.07, 6.45) is 5.75. The summed E-state index contributed by atoms with van der Waals surface area (Å²) in [6, 6.07) is 6.40. The standard InChI is InChI=1S/C20H32N2O4S/c1-15(2)13-14-21-27(24,25)19-11-9-18(10-12-19)26-16(3)20(23)22-17-7-5-4-6-8-17/h9-12,15-17,21H,4-8,13-14H2,1-3H3,(H,22,23)/t16-/m1/s1. The van der Waals surface area contributed by atoms with Crippen LogP contribution < -0.4 is 14.8 Å². The molecule has 1 aliphatic carbocycles. The van der Waals surface area contributed by atoms with E-state index in [1.54, 1.807) is 19.1 Å². The summed E-state index contributed by atoms with van der Waals surface area (Å²) in [4.78, 5) is 12.5. The highest BCUT2D eigenvalue weighted by atomic mass is 32.2. The number of nitrogens with one attached hydrogen (secondary N) is 2. The maximum Gasteiger partial charge on any atom is 0.260 e. The first-order chi connectivity index (χ1) is 12.8. The van der Waals surface area contributed by atoms with Crippen LogP contribution in [-0.4, -0.2) is 33.0 Å². The van der Waals surface area contributed by atoms with Gasteiger partial charge in [0, 0.05) is 12.6 Å². The van der Waals surface area contributed by atoms with E-state index < -0.39 is 16.1 Å². The lowest BCUT2D eigenvalue weighted by Gasteiger charge is -2.24. The minimum absolute atomic E-state index is 0.131. The molecule has 0 unspecified atom stereocenters. The third-order valence-electron chi connectivity index (χ3n) is 4.78. The van der Waals surface area contributed by atoms with Gasteiger partial charge in [0.25, 0.3) is 5.91 Å². The van der Waals surface area contributed by atoms with Gasteiger partial charge in [0.15, 0.2) is 6.10 Å². The number of hydrogen-bond acceptors (Lipinski definition) is 4. The lowest BCUT2D eigenvalue weighted by Crippen LogP contribution is -2.43. The van der Waals surface area contributed by atoms with Crippen LogP contribution in [0.4, 0.5) is 0 Å². The molecule has 2 N–H and O–H groups in total. The molecule has 1 aromatic carbocycles. The second-order valence-electron chi connectivity index (χ2n) is 7.66. The van der Waals surface area contributed by atoms with Gasteiger partial charge in [-0.2, -0.15) is 0 Å². The van der Waals surface area contributed by atoms with Gasteiger partial charge >= 0.3 is 0 Å². The molecule has 1 aromatic rings. The fourth-order valence-corrected chi connectivity index (χ4v) is 4.13. The van der Waals surface area contributed by atoms with Crippen LogP contribution in [0.1, 0.15) is 59.3 Å². The highest BCUT2D eigenvalue weighted by Crippen LogP contribution is 2.19. The molecule has 0 radical (unpaired) electrons. The Morgan fingerprint density at radius 1 is 1.11 bits per heavy atom. The number of benzene rings is 1. The summed E-state index contributed by atoms with van der Waals surface area (Å²) in [5.41, 5.74) is 0. The zero-order chi connectivity index (χ0) is 19.9. The quantitative estimate of drug-likeness (QED) is 0.671. The molecule has 0 spiro atoms. The minimum Gasteiger partial charge on any atom is -0.481 e. The van der Waals surface area contributed by atoms with E-state index in [1.807, 2.05) is 13.8 Å². The molecule has 2 rings (SSSR count). The lowest BCUT2D eigenvalue weighted by atomic mass is 9.95. The van der Waals surface area contributed by atoms with Crippen molar-refractivity contribution in [1.82, 2.24) is 10.0 Å². The van der Waals surface area contributed by atoms with Crippen LogP contribution in [0.15, 0.2) is 29.2 Å². The van der Waals surface area contributed by atoms with E-state index in [2.05, 4.69) is 10.0 Å². The van der Waals surface area contributed by atoms with Crippen LogP contribution in [0.2, 0.25) is 0 Å². The Kier molecular flexibility index (Phi) is 8.10. The highest BCUT2D eigenvalue weighted by Gasteiger charge is 2.21. The van der Waals surface area contributed by atoms with E-state index in [4.69, 9.17) is 4.74 Å². The second kappa shape index (κ2) is 10.1. The van der Waals surface area contributed by atoms with E-state index in [0.717, 1.165) is 32.1 Å². The number of sulfonamides is 1. The number of amides is 1. The molecule has 1 aliphatic rings. The van der Waals surface area contributed by atoms with Crippen LogP contribution in [0.3, 0.4) is 0 Å². The van der Waals surface area contributed by atoms with E-state index >= 15 is 0 Å². The van der Waals surface area contributed by atoms with Gasteiger partial charge in [-0.25, -0.2) is 13.1 Å².